The van der Waals surface area contributed by atoms with Gasteiger partial charge in [0.1, 0.15) is 5.75 Å². The molecule has 0 aliphatic heterocycles. The van der Waals surface area contributed by atoms with Crippen molar-refractivity contribution >= 4 is 17.7 Å². The molecule has 0 fully saturated rings. The topological polar surface area (TPSA) is 40.5 Å². The van der Waals surface area contributed by atoms with Crippen LogP contribution in [0.5, 0.6) is 5.75 Å². The summed E-state index contributed by atoms with van der Waals surface area (Å²) in [6, 6.07) is 2.01. The predicted molar refractivity (Wildman–Crippen MR) is 67.5 cm³/mol. The molecule has 0 aliphatic carbocycles. The Morgan fingerprint density at radius 1 is 1.37 bits per heavy atom. The number of rotatable bonds is 3. The minimum absolute atomic E-state index is 0.265. The molecule has 0 saturated heterocycles. The smallest absolute Gasteiger partial charge is 0.417 e. The van der Waals surface area contributed by atoms with Crippen LogP contribution in [0.1, 0.15) is 22.8 Å². The average molecular weight is 293 g/mol. The van der Waals surface area contributed by atoms with Gasteiger partial charge in [0, 0.05) is 19.0 Å². The lowest BCUT2D eigenvalue weighted by molar-refractivity contribution is -0.138. The van der Waals surface area contributed by atoms with Crippen molar-refractivity contribution in [2.24, 2.45) is 0 Å². The number of phenolic OH excluding ortho intramolecular Hbond substituents is 1. The minimum Gasteiger partial charge on any atom is -0.506 e. The molecule has 1 rings (SSSR count). The van der Waals surface area contributed by atoms with Crippen LogP contribution in [0.25, 0.3) is 0 Å². The molecule has 0 atom stereocenters. The van der Waals surface area contributed by atoms with E-state index in [4.69, 9.17) is 0 Å². The minimum atomic E-state index is -4.69. The molecule has 19 heavy (non-hydrogen) atoms. The summed E-state index contributed by atoms with van der Waals surface area (Å²) in [7, 11) is 2.67. The molecule has 0 spiro atoms. The Balaban J connectivity index is 3.51. The van der Waals surface area contributed by atoms with E-state index in [-0.39, 0.29) is 4.90 Å². The number of hydrogen-bond donors (Lipinski definition) is 1. The maximum Gasteiger partial charge on any atom is 0.417 e. The van der Waals surface area contributed by atoms with E-state index in [9.17, 15) is 23.1 Å². The van der Waals surface area contributed by atoms with Crippen LogP contribution in [0.2, 0.25) is 0 Å². The molecule has 0 bridgehead atoms. The van der Waals surface area contributed by atoms with E-state index in [2.05, 4.69) is 0 Å². The molecule has 3 nitrogen and oxygen atoms in total. The summed E-state index contributed by atoms with van der Waals surface area (Å²) in [6.45, 7) is 1.80. The van der Waals surface area contributed by atoms with Crippen molar-refractivity contribution in [3.8, 4) is 5.75 Å². The molecule has 0 aromatic heterocycles. The van der Waals surface area contributed by atoms with Crippen LogP contribution in [-0.2, 0) is 6.18 Å². The van der Waals surface area contributed by atoms with Gasteiger partial charge in [-0.1, -0.05) is 6.92 Å². The van der Waals surface area contributed by atoms with Gasteiger partial charge < -0.3 is 10.0 Å². The number of amides is 1. The van der Waals surface area contributed by atoms with Crippen molar-refractivity contribution in [1.82, 2.24) is 4.90 Å². The highest BCUT2D eigenvalue weighted by Gasteiger charge is 2.38. The van der Waals surface area contributed by atoms with Crippen molar-refractivity contribution in [3.63, 3.8) is 0 Å². The van der Waals surface area contributed by atoms with Gasteiger partial charge in [-0.2, -0.15) is 13.2 Å². The number of hydrogen-bond acceptors (Lipinski definition) is 3. The maximum absolute atomic E-state index is 12.9. The van der Waals surface area contributed by atoms with Crippen molar-refractivity contribution < 1.29 is 23.1 Å². The van der Waals surface area contributed by atoms with Crippen LogP contribution >= 0.6 is 11.8 Å². The Morgan fingerprint density at radius 2 is 1.95 bits per heavy atom. The number of phenols is 1. The summed E-state index contributed by atoms with van der Waals surface area (Å²) in [5.74, 6) is -0.905. The summed E-state index contributed by atoms with van der Waals surface area (Å²) in [6.07, 6.45) is -4.69. The third-order valence-corrected chi connectivity index (χ3v) is 3.30. The Morgan fingerprint density at radius 3 is 2.37 bits per heavy atom. The molecule has 106 valence electrons. The highest BCUT2D eigenvalue weighted by atomic mass is 32.2. The van der Waals surface area contributed by atoms with Gasteiger partial charge in [-0.15, -0.1) is 11.8 Å². The normalized spacial score (nSPS) is 11.5. The second kappa shape index (κ2) is 5.73. The number of aromatic hydroxyl groups is 1. The lowest BCUT2D eigenvalue weighted by atomic mass is 10.0. The average Bonchev–Trinajstić information content (AvgIpc) is 2.29. The van der Waals surface area contributed by atoms with Gasteiger partial charge >= 0.3 is 6.18 Å². The number of halogens is 3. The zero-order valence-corrected chi connectivity index (χ0v) is 11.5. The number of thioether (sulfide) groups is 1. The van der Waals surface area contributed by atoms with Crippen LogP contribution in [0, 0.1) is 0 Å². The van der Waals surface area contributed by atoms with E-state index < -0.39 is 29.0 Å². The zero-order valence-electron chi connectivity index (χ0n) is 10.7. The third kappa shape index (κ3) is 3.34. The number of benzene rings is 1. The molecule has 0 unspecified atom stereocenters. The van der Waals surface area contributed by atoms with E-state index in [1.807, 2.05) is 0 Å². The summed E-state index contributed by atoms with van der Waals surface area (Å²) >= 11 is 1.18. The second-order valence-electron chi connectivity index (χ2n) is 3.97. The van der Waals surface area contributed by atoms with E-state index in [1.165, 1.54) is 31.9 Å². The van der Waals surface area contributed by atoms with E-state index in [1.54, 1.807) is 6.92 Å². The molecule has 0 heterocycles. The highest BCUT2D eigenvalue weighted by Crippen LogP contribution is 2.40. The first-order valence-electron chi connectivity index (χ1n) is 5.47. The highest BCUT2D eigenvalue weighted by molar-refractivity contribution is 7.99. The quantitative estimate of drug-likeness (QED) is 0.870. The van der Waals surface area contributed by atoms with Crippen molar-refractivity contribution in [1.29, 1.82) is 0 Å². The largest absolute Gasteiger partial charge is 0.506 e. The van der Waals surface area contributed by atoms with Crippen molar-refractivity contribution in [3.05, 3.63) is 23.3 Å². The Kier molecular flexibility index (Phi) is 4.73. The predicted octanol–water partition coefficient (Wildman–Crippen LogP) is 3.22. The number of carbonyl (C=O) groups excluding carboxylic acids is 1. The Labute approximate surface area is 113 Å². The van der Waals surface area contributed by atoms with Crippen molar-refractivity contribution in [2.45, 2.75) is 18.0 Å². The Hall–Kier alpha value is -1.37. The number of alkyl halides is 3. The molecule has 0 aliphatic rings. The molecule has 0 saturated carbocycles. The molecule has 1 aromatic carbocycles. The first kappa shape index (κ1) is 15.7. The van der Waals surface area contributed by atoms with Crippen LogP contribution < -0.4 is 0 Å². The first-order valence-corrected chi connectivity index (χ1v) is 6.46. The zero-order chi connectivity index (χ0) is 14.8. The molecule has 1 N–H and O–H groups in total. The maximum atomic E-state index is 12.9. The summed E-state index contributed by atoms with van der Waals surface area (Å²) in [5.41, 5.74) is -1.82. The fraction of sp³-hybridized carbons (Fsp3) is 0.417. The fourth-order valence-corrected chi connectivity index (χ4v) is 2.23. The molecular formula is C12H14F3NO2S. The first-order chi connectivity index (χ1) is 8.70. The molecule has 7 heteroatoms. The summed E-state index contributed by atoms with van der Waals surface area (Å²) in [4.78, 5) is 13.1. The SMILES string of the molecule is CCSc1ccc(C(F)(F)F)c(C(=O)N(C)C)c1O. The van der Waals surface area contributed by atoms with E-state index in [0.717, 1.165) is 11.0 Å². The van der Waals surface area contributed by atoms with Gasteiger partial charge in [0.25, 0.3) is 5.91 Å². The molecule has 1 amide bonds. The van der Waals surface area contributed by atoms with Gasteiger partial charge in [0.05, 0.1) is 11.1 Å². The van der Waals surface area contributed by atoms with Gasteiger partial charge in [0.15, 0.2) is 0 Å². The van der Waals surface area contributed by atoms with Gasteiger partial charge in [0.2, 0.25) is 0 Å². The number of carbonyl (C=O) groups is 1. The second-order valence-corrected chi connectivity index (χ2v) is 5.27. The third-order valence-electron chi connectivity index (χ3n) is 2.37. The fourth-order valence-electron chi connectivity index (χ4n) is 1.52. The van der Waals surface area contributed by atoms with Gasteiger partial charge in [-0.25, -0.2) is 0 Å². The number of nitrogens with zero attached hydrogens (tertiary/aromatic N) is 1. The monoisotopic (exact) mass is 293 g/mol. The lowest BCUT2D eigenvalue weighted by Crippen LogP contribution is -2.25. The molecule has 1 aromatic rings. The van der Waals surface area contributed by atoms with Crippen molar-refractivity contribution in [2.75, 3.05) is 19.8 Å². The van der Waals surface area contributed by atoms with E-state index in [0.29, 0.717) is 5.75 Å². The standard InChI is InChI=1S/C12H14F3NO2S/c1-4-19-8-6-5-7(12(13,14)15)9(10(8)17)11(18)16(2)3/h5-6,17H,4H2,1-3H3. The lowest BCUT2D eigenvalue weighted by Gasteiger charge is -2.18. The van der Waals surface area contributed by atoms with Crippen LogP contribution in [0.15, 0.2) is 17.0 Å². The van der Waals surface area contributed by atoms with Crippen LogP contribution in [-0.4, -0.2) is 35.8 Å². The van der Waals surface area contributed by atoms with Gasteiger partial charge in [-0.05, 0) is 17.9 Å². The van der Waals surface area contributed by atoms with Crippen LogP contribution in [0.4, 0.5) is 13.2 Å². The summed E-state index contributed by atoms with van der Waals surface area (Å²) in [5, 5.41) is 9.92. The van der Waals surface area contributed by atoms with E-state index >= 15 is 0 Å². The molecule has 0 radical (unpaired) electrons. The van der Waals surface area contributed by atoms with Crippen LogP contribution in [0.3, 0.4) is 0 Å². The Bertz CT molecular complexity index is 487. The van der Waals surface area contributed by atoms with Gasteiger partial charge in [-0.3, -0.25) is 4.79 Å². The molecular weight excluding hydrogens is 279 g/mol. The summed E-state index contributed by atoms with van der Waals surface area (Å²) < 4.78 is 38.6.